The van der Waals surface area contributed by atoms with Gasteiger partial charge >= 0.3 is 0 Å². The van der Waals surface area contributed by atoms with E-state index >= 15 is 0 Å². The summed E-state index contributed by atoms with van der Waals surface area (Å²) in [6.07, 6.45) is 2.94. The number of hydrogen-bond acceptors (Lipinski definition) is 6. The molecule has 1 saturated heterocycles. The number of likely N-dealkylation sites (tertiary alicyclic amines) is 1. The summed E-state index contributed by atoms with van der Waals surface area (Å²) in [6.45, 7) is 4.21. The molecule has 0 aromatic heterocycles. The minimum Gasteiger partial charge on any atom is -0.342 e. The van der Waals surface area contributed by atoms with Crippen molar-refractivity contribution in [2.75, 3.05) is 25.0 Å². The second-order valence-electron chi connectivity index (χ2n) is 11.0. The standard InChI is InChI=1S/C32H31N5O5/c1-20(38)36-16-13-23-17-25(9-8-24(23)19-36)33-31(30-27-18-26(37(41)42)10-11-28(27)34-32(30)40)22-6-4-21(5-7-22)12-15-35-14-2-3-29(35)39/h4-11,17-18,30H,2-3,12-16,19H2,1H3,(H,34,40). The molecule has 10 nitrogen and oxygen atoms in total. The van der Waals surface area contributed by atoms with Gasteiger partial charge in [0.05, 0.1) is 16.3 Å². The molecule has 10 heteroatoms. The van der Waals surface area contributed by atoms with E-state index in [1.165, 1.54) is 12.1 Å². The zero-order valence-electron chi connectivity index (χ0n) is 23.3. The molecule has 1 fully saturated rings. The van der Waals surface area contributed by atoms with E-state index in [4.69, 9.17) is 4.99 Å². The number of nitrogens with zero attached hydrogens (tertiary/aromatic N) is 4. The quantitative estimate of drug-likeness (QED) is 0.256. The monoisotopic (exact) mass is 565 g/mol. The molecule has 3 aromatic rings. The summed E-state index contributed by atoms with van der Waals surface area (Å²) in [5, 5.41) is 14.4. The zero-order valence-corrected chi connectivity index (χ0v) is 23.3. The van der Waals surface area contributed by atoms with Crippen molar-refractivity contribution in [3.05, 3.63) is 98.6 Å². The highest BCUT2D eigenvalue weighted by Crippen LogP contribution is 2.38. The highest BCUT2D eigenvalue weighted by Gasteiger charge is 2.37. The number of anilines is 1. The molecular formula is C32H31N5O5. The van der Waals surface area contributed by atoms with Crippen LogP contribution in [0.3, 0.4) is 0 Å². The van der Waals surface area contributed by atoms with Crippen LogP contribution in [0.25, 0.3) is 0 Å². The van der Waals surface area contributed by atoms with Crippen molar-refractivity contribution < 1.29 is 19.3 Å². The van der Waals surface area contributed by atoms with Crippen molar-refractivity contribution in [1.82, 2.24) is 9.80 Å². The van der Waals surface area contributed by atoms with Gasteiger partial charge in [-0.15, -0.1) is 0 Å². The van der Waals surface area contributed by atoms with Crippen LogP contribution in [0.5, 0.6) is 0 Å². The summed E-state index contributed by atoms with van der Waals surface area (Å²) in [7, 11) is 0. The molecule has 42 heavy (non-hydrogen) atoms. The Kier molecular flexibility index (Phi) is 7.28. The van der Waals surface area contributed by atoms with Gasteiger partial charge in [0.1, 0.15) is 5.92 Å². The maximum atomic E-state index is 13.4. The Labute approximate surface area is 243 Å². The van der Waals surface area contributed by atoms with Gasteiger partial charge < -0.3 is 15.1 Å². The lowest BCUT2D eigenvalue weighted by Crippen LogP contribution is -2.34. The highest BCUT2D eigenvalue weighted by atomic mass is 16.6. The number of carbonyl (C=O) groups is 3. The Balaban J connectivity index is 1.36. The molecule has 3 aromatic carbocycles. The van der Waals surface area contributed by atoms with Crippen molar-refractivity contribution in [3.8, 4) is 0 Å². The van der Waals surface area contributed by atoms with Gasteiger partial charge in [0, 0.05) is 62.9 Å². The average Bonchev–Trinajstić information content (AvgIpc) is 3.55. The van der Waals surface area contributed by atoms with Gasteiger partial charge in [-0.3, -0.25) is 29.5 Å². The fourth-order valence-corrected chi connectivity index (χ4v) is 5.99. The third-order valence-corrected chi connectivity index (χ3v) is 8.34. The van der Waals surface area contributed by atoms with Gasteiger partial charge in [-0.2, -0.15) is 0 Å². The van der Waals surface area contributed by atoms with Crippen molar-refractivity contribution in [2.24, 2.45) is 4.99 Å². The molecule has 3 aliphatic heterocycles. The number of hydrogen-bond donors (Lipinski definition) is 1. The molecule has 0 saturated carbocycles. The fraction of sp³-hybridized carbons (Fsp3) is 0.312. The molecular weight excluding hydrogens is 534 g/mol. The Morgan fingerprint density at radius 1 is 1.02 bits per heavy atom. The Bertz CT molecular complexity index is 1630. The second-order valence-corrected chi connectivity index (χ2v) is 11.0. The topological polar surface area (TPSA) is 125 Å². The molecule has 3 aliphatic rings. The largest absolute Gasteiger partial charge is 0.342 e. The average molecular weight is 566 g/mol. The van der Waals surface area contributed by atoms with Crippen LogP contribution in [-0.2, 0) is 33.8 Å². The van der Waals surface area contributed by atoms with E-state index in [0.717, 1.165) is 41.6 Å². The van der Waals surface area contributed by atoms with E-state index in [-0.39, 0.29) is 23.4 Å². The van der Waals surface area contributed by atoms with Crippen LogP contribution in [0.15, 0.2) is 65.7 Å². The smallest absolute Gasteiger partial charge is 0.269 e. The van der Waals surface area contributed by atoms with Crippen LogP contribution in [0, 0.1) is 10.1 Å². The summed E-state index contributed by atoms with van der Waals surface area (Å²) < 4.78 is 0. The van der Waals surface area contributed by atoms with Gasteiger partial charge in [0.25, 0.3) is 5.69 Å². The van der Waals surface area contributed by atoms with Gasteiger partial charge in [-0.1, -0.05) is 30.3 Å². The maximum absolute atomic E-state index is 13.4. The first kappa shape index (κ1) is 27.3. The van der Waals surface area contributed by atoms with Gasteiger partial charge in [0.15, 0.2) is 0 Å². The normalized spacial score (nSPS) is 18.1. The summed E-state index contributed by atoms with van der Waals surface area (Å²) in [6, 6.07) is 18.0. The number of nitro groups is 1. The molecule has 0 radical (unpaired) electrons. The van der Waals surface area contributed by atoms with Crippen molar-refractivity contribution in [1.29, 1.82) is 0 Å². The molecule has 0 bridgehead atoms. The zero-order chi connectivity index (χ0) is 29.4. The first-order valence-electron chi connectivity index (χ1n) is 14.2. The van der Waals surface area contributed by atoms with Gasteiger partial charge in [-0.05, 0) is 59.7 Å². The van der Waals surface area contributed by atoms with Gasteiger partial charge in [0.2, 0.25) is 17.7 Å². The van der Waals surface area contributed by atoms with E-state index in [0.29, 0.717) is 55.1 Å². The van der Waals surface area contributed by atoms with Crippen LogP contribution >= 0.6 is 0 Å². The minimum atomic E-state index is -0.836. The summed E-state index contributed by atoms with van der Waals surface area (Å²) >= 11 is 0. The number of amides is 3. The predicted octanol–water partition coefficient (Wildman–Crippen LogP) is 4.52. The predicted molar refractivity (Wildman–Crippen MR) is 158 cm³/mol. The SMILES string of the molecule is CC(=O)N1CCc2cc(N=C(c3ccc(CCN4CCCC4=O)cc3)C3C(=O)Nc4ccc([N+](=O)[O-])cc43)ccc2C1. The van der Waals surface area contributed by atoms with Crippen molar-refractivity contribution >= 4 is 40.5 Å². The van der Waals surface area contributed by atoms with E-state index in [1.807, 2.05) is 52.3 Å². The summed E-state index contributed by atoms with van der Waals surface area (Å²) in [5.74, 6) is -0.895. The molecule has 0 aliphatic carbocycles. The lowest BCUT2D eigenvalue weighted by molar-refractivity contribution is -0.384. The van der Waals surface area contributed by atoms with Gasteiger partial charge in [-0.25, -0.2) is 0 Å². The van der Waals surface area contributed by atoms with Crippen LogP contribution < -0.4 is 5.32 Å². The fourth-order valence-electron chi connectivity index (χ4n) is 5.99. The number of fused-ring (bicyclic) bond motifs is 2. The number of nitro benzene ring substituents is 1. The van der Waals surface area contributed by atoms with Crippen LogP contribution in [0.2, 0.25) is 0 Å². The molecule has 1 atom stereocenters. The first-order chi connectivity index (χ1) is 20.3. The molecule has 1 unspecified atom stereocenters. The van der Waals surface area contributed by atoms with Crippen LogP contribution in [0.1, 0.15) is 53.5 Å². The number of rotatable bonds is 7. The summed E-state index contributed by atoms with van der Waals surface area (Å²) in [4.78, 5) is 57.0. The molecule has 1 N–H and O–H groups in total. The van der Waals surface area contributed by atoms with E-state index < -0.39 is 10.8 Å². The van der Waals surface area contributed by atoms with Crippen molar-refractivity contribution in [3.63, 3.8) is 0 Å². The molecule has 3 heterocycles. The molecule has 6 rings (SSSR count). The number of non-ortho nitro benzene ring substituents is 1. The second kappa shape index (κ2) is 11.2. The Hall–Kier alpha value is -4.86. The lowest BCUT2D eigenvalue weighted by atomic mass is 9.89. The number of nitrogens with one attached hydrogen (secondary N) is 1. The molecule has 0 spiro atoms. The molecule has 214 valence electrons. The minimum absolute atomic E-state index is 0.0421. The lowest BCUT2D eigenvalue weighted by Gasteiger charge is -2.28. The van der Waals surface area contributed by atoms with E-state index in [1.54, 1.807) is 13.0 Å². The Morgan fingerprint density at radius 2 is 1.83 bits per heavy atom. The number of benzene rings is 3. The van der Waals surface area contributed by atoms with E-state index in [9.17, 15) is 24.5 Å². The van der Waals surface area contributed by atoms with Crippen LogP contribution in [0.4, 0.5) is 17.1 Å². The summed E-state index contributed by atoms with van der Waals surface area (Å²) in [5.41, 5.74) is 6.08. The van der Waals surface area contributed by atoms with Crippen molar-refractivity contribution in [2.45, 2.75) is 45.1 Å². The number of carbonyl (C=O) groups excluding carboxylic acids is 3. The first-order valence-corrected chi connectivity index (χ1v) is 14.2. The third kappa shape index (κ3) is 5.39. The van der Waals surface area contributed by atoms with E-state index in [2.05, 4.69) is 5.32 Å². The molecule has 3 amide bonds. The Morgan fingerprint density at radius 3 is 2.55 bits per heavy atom. The highest BCUT2D eigenvalue weighted by molar-refractivity contribution is 6.24. The maximum Gasteiger partial charge on any atom is 0.269 e. The van der Waals surface area contributed by atoms with Crippen LogP contribution in [-0.4, -0.2) is 57.8 Å². The third-order valence-electron chi connectivity index (χ3n) is 8.34. The number of aliphatic imine (C=N–C) groups is 1.